The quantitative estimate of drug-likeness (QED) is 0.217. The minimum absolute atomic E-state index is 0.414. The number of hydrogen-bond donors (Lipinski definition) is 0. The second-order valence-corrected chi connectivity index (χ2v) is 10.6. The van der Waals surface area contributed by atoms with E-state index in [1.807, 2.05) is 49.4 Å². The highest BCUT2D eigenvalue weighted by Crippen LogP contribution is 2.42. The highest BCUT2D eigenvalue weighted by atomic mass is 35.5. The SMILES string of the molecule is Cc1sc(-n2nc(-c3ccc(Cl)c(Cl)c3)c(Cl)c2-c2ccc(Cl)c(Cl)c2)nc1-c1ccccc1. The third kappa shape index (κ3) is 4.35. The lowest BCUT2D eigenvalue weighted by Crippen LogP contribution is -1.99. The summed E-state index contributed by atoms with van der Waals surface area (Å²) in [5.74, 6) is 0. The maximum atomic E-state index is 6.94. The first kappa shape index (κ1) is 23.7. The van der Waals surface area contributed by atoms with Crippen LogP contribution in [0.2, 0.25) is 25.1 Å². The van der Waals surface area contributed by atoms with Crippen LogP contribution in [0.1, 0.15) is 4.88 Å². The molecule has 5 aromatic rings. The molecule has 0 radical (unpaired) electrons. The van der Waals surface area contributed by atoms with Crippen molar-refractivity contribution in [3.05, 3.63) is 96.7 Å². The molecule has 0 amide bonds. The molecule has 9 heteroatoms. The lowest BCUT2D eigenvalue weighted by molar-refractivity contribution is 0.881. The third-order valence-electron chi connectivity index (χ3n) is 5.23. The van der Waals surface area contributed by atoms with Crippen LogP contribution in [0.25, 0.3) is 38.9 Å². The van der Waals surface area contributed by atoms with Gasteiger partial charge < -0.3 is 0 Å². The number of aromatic nitrogens is 3. The molecule has 170 valence electrons. The van der Waals surface area contributed by atoms with Gasteiger partial charge in [-0.25, -0.2) is 9.67 Å². The molecule has 0 unspecified atom stereocenters. The summed E-state index contributed by atoms with van der Waals surface area (Å²) in [6.07, 6.45) is 0. The van der Waals surface area contributed by atoms with Crippen LogP contribution in [-0.4, -0.2) is 14.8 Å². The minimum Gasteiger partial charge on any atom is -0.218 e. The van der Waals surface area contributed by atoms with Gasteiger partial charge in [-0.05, 0) is 31.2 Å². The van der Waals surface area contributed by atoms with Gasteiger partial charge in [-0.3, -0.25) is 0 Å². The number of thiazole rings is 1. The van der Waals surface area contributed by atoms with E-state index in [1.165, 1.54) is 11.3 Å². The molecule has 0 saturated heterocycles. The van der Waals surface area contributed by atoms with Gasteiger partial charge in [0.25, 0.3) is 0 Å². The summed E-state index contributed by atoms with van der Waals surface area (Å²) in [4.78, 5) is 5.97. The first-order valence-corrected chi connectivity index (χ1v) is 12.8. The highest BCUT2D eigenvalue weighted by molar-refractivity contribution is 7.14. The van der Waals surface area contributed by atoms with Crippen molar-refractivity contribution >= 4 is 69.3 Å². The standard InChI is InChI=1S/C25H14Cl5N3S/c1-13-22(14-5-3-2-4-6-14)31-25(34-13)33-24(16-8-10-18(27)20(29)12-16)21(30)23(32-33)15-7-9-17(26)19(28)11-15/h2-12H,1H3. The Morgan fingerprint density at radius 1 is 0.676 bits per heavy atom. The van der Waals surface area contributed by atoms with Crippen LogP contribution in [0.5, 0.6) is 0 Å². The van der Waals surface area contributed by atoms with Crippen molar-refractivity contribution in [1.82, 2.24) is 14.8 Å². The molecule has 0 N–H and O–H groups in total. The summed E-state index contributed by atoms with van der Waals surface area (Å²) in [6, 6.07) is 20.6. The van der Waals surface area contributed by atoms with Crippen LogP contribution in [0.3, 0.4) is 0 Å². The molecular formula is C25H14Cl5N3S. The van der Waals surface area contributed by atoms with Crippen molar-refractivity contribution in [2.24, 2.45) is 0 Å². The molecule has 0 aliphatic rings. The maximum absolute atomic E-state index is 6.94. The molecule has 3 aromatic carbocycles. The van der Waals surface area contributed by atoms with Gasteiger partial charge in [0, 0.05) is 21.6 Å². The first-order chi connectivity index (χ1) is 16.3. The molecule has 2 aromatic heterocycles. The second-order valence-electron chi connectivity index (χ2n) is 7.45. The van der Waals surface area contributed by atoms with Crippen LogP contribution in [-0.2, 0) is 0 Å². The van der Waals surface area contributed by atoms with Crippen molar-refractivity contribution in [2.75, 3.05) is 0 Å². The smallest absolute Gasteiger partial charge is 0.211 e. The zero-order chi connectivity index (χ0) is 24.0. The molecule has 0 aliphatic heterocycles. The summed E-state index contributed by atoms with van der Waals surface area (Å²) in [6.45, 7) is 2.04. The molecule has 34 heavy (non-hydrogen) atoms. The predicted molar refractivity (Wildman–Crippen MR) is 145 cm³/mol. The van der Waals surface area contributed by atoms with Crippen molar-refractivity contribution in [1.29, 1.82) is 0 Å². The van der Waals surface area contributed by atoms with E-state index in [4.69, 9.17) is 68.1 Å². The fourth-order valence-corrected chi connectivity index (χ4v) is 5.42. The Kier molecular flexibility index (Phi) is 6.64. The number of rotatable bonds is 4. The summed E-state index contributed by atoms with van der Waals surface area (Å²) in [7, 11) is 0. The van der Waals surface area contributed by atoms with Crippen molar-refractivity contribution < 1.29 is 0 Å². The minimum atomic E-state index is 0.414. The van der Waals surface area contributed by atoms with Gasteiger partial charge in [0.2, 0.25) is 5.13 Å². The number of aryl methyl sites for hydroxylation is 1. The molecule has 2 heterocycles. The Balaban J connectivity index is 1.74. The largest absolute Gasteiger partial charge is 0.218 e. The highest BCUT2D eigenvalue weighted by Gasteiger charge is 2.24. The normalized spacial score (nSPS) is 11.2. The van der Waals surface area contributed by atoms with Gasteiger partial charge in [0.1, 0.15) is 5.69 Å². The third-order valence-corrected chi connectivity index (χ3v) is 8.01. The van der Waals surface area contributed by atoms with E-state index in [-0.39, 0.29) is 0 Å². The van der Waals surface area contributed by atoms with E-state index < -0.39 is 0 Å². The van der Waals surface area contributed by atoms with E-state index >= 15 is 0 Å². The lowest BCUT2D eigenvalue weighted by Gasteiger charge is -2.06. The van der Waals surface area contributed by atoms with Crippen LogP contribution in [0.4, 0.5) is 0 Å². The molecule has 0 spiro atoms. The molecular weight excluding hydrogens is 552 g/mol. The van der Waals surface area contributed by atoms with E-state index in [9.17, 15) is 0 Å². The summed E-state index contributed by atoms with van der Waals surface area (Å²) in [5, 5.41) is 7.70. The van der Waals surface area contributed by atoms with Gasteiger partial charge >= 0.3 is 0 Å². The summed E-state index contributed by atoms with van der Waals surface area (Å²) < 4.78 is 1.74. The molecule has 0 fully saturated rings. The van der Waals surface area contributed by atoms with Crippen LogP contribution < -0.4 is 0 Å². The lowest BCUT2D eigenvalue weighted by atomic mass is 10.1. The number of nitrogens with zero attached hydrogens (tertiary/aromatic N) is 3. The summed E-state index contributed by atoms with van der Waals surface area (Å²) >= 11 is 33.4. The number of benzene rings is 3. The van der Waals surface area contributed by atoms with E-state index in [0.29, 0.717) is 41.6 Å². The maximum Gasteiger partial charge on any atom is 0.211 e. The van der Waals surface area contributed by atoms with Gasteiger partial charge in [0.15, 0.2) is 0 Å². The zero-order valence-corrected chi connectivity index (χ0v) is 22.1. The molecule has 5 rings (SSSR count). The molecule has 3 nitrogen and oxygen atoms in total. The number of hydrogen-bond acceptors (Lipinski definition) is 3. The number of halogens is 5. The van der Waals surface area contributed by atoms with Gasteiger partial charge in [-0.2, -0.15) is 5.10 Å². The fourth-order valence-electron chi connectivity index (χ4n) is 3.59. The molecule has 0 aliphatic carbocycles. The average molecular weight is 566 g/mol. The Labute approximate surface area is 225 Å². The zero-order valence-electron chi connectivity index (χ0n) is 17.5. The van der Waals surface area contributed by atoms with E-state index in [0.717, 1.165) is 27.3 Å². The Morgan fingerprint density at radius 3 is 1.94 bits per heavy atom. The van der Waals surface area contributed by atoms with Crippen LogP contribution >= 0.6 is 69.3 Å². The second kappa shape index (κ2) is 9.54. The van der Waals surface area contributed by atoms with Crippen molar-refractivity contribution in [3.8, 4) is 38.9 Å². The van der Waals surface area contributed by atoms with Crippen LogP contribution in [0, 0.1) is 6.92 Å². The average Bonchev–Trinajstić information content (AvgIpc) is 3.38. The van der Waals surface area contributed by atoms with Gasteiger partial charge in [-0.15, -0.1) is 0 Å². The Morgan fingerprint density at radius 2 is 1.29 bits per heavy atom. The molecule has 0 saturated carbocycles. The van der Waals surface area contributed by atoms with Crippen molar-refractivity contribution in [2.45, 2.75) is 6.92 Å². The van der Waals surface area contributed by atoms with E-state index in [2.05, 4.69) is 0 Å². The van der Waals surface area contributed by atoms with Gasteiger partial charge in [-0.1, -0.05) is 112 Å². The molecule has 0 atom stereocenters. The Bertz CT molecular complexity index is 1530. The fraction of sp³-hybridized carbons (Fsp3) is 0.0400. The van der Waals surface area contributed by atoms with Crippen molar-refractivity contribution in [3.63, 3.8) is 0 Å². The predicted octanol–water partition coefficient (Wildman–Crippen LogP) is 9.91. The molecule has 0 bridgehead atoms. The summed E-state index contributed by atoms with van der Waals surface area (Å²) in [5.41, 5.74) is 4.61. The topological polar surface area (TPSA) is 30.7 Å². The van der Waals surface area contributed by atoms with Crippen LogP contribution in [0.15, 0.2) is 66.7 Å². The van der Waals surface area contributed by atoms with E-state index in [1.54, 1.807) is 28.9 Å². The first-order valence-electron chi connectivity index (χ1n) is 10.1. The monoisotopic (exact) mass is 563 g/mol. The van der Waals surface area contributed by atoms with Gasteiger partial charge in [0.05, 0.1) is 36.5 Å². The Hall–Kier alpha value is -2.05.